The Morgan fingerprint density at radius 2 is 2.05 bits per heavy atom. The zero-order valence-electron chi connectivity index (χ0n) is 21.5. The van der Waals surface area contributed by atoms with Crippen molar-refractivity contribution in [1.29, 1.82) is 0 Å². The van der Waals surface area contributed by atoms with E-state index in [2.05, 4.69) is 15.1 Å². The number of aliphatic hydroxyl groups is 2. The number of nitrogens with one attached hydrogen (secondary N) is 1. The van der Waals surface area contributed by atoms with Crippen LogP contribution in [0.5, 0.6) is 5.75 Å². The molecular weight excluding hydrogens is 535 g/mol. The van der Waals surface area contributed by atoms with Crippen LogP contribution in [0.1, 0.15) is 31.8 Å². The van der Waals surface area contributed by atoms with Crippen molar-refractivity contribution >= 4 is 41.5 Å². The summed E-state index contributed by atoms with van der Waals surface area (Å²) in [6.45, 7) is 5.72. The van der Waals surface area contributed by atoms with Crippen molar-refractivity contribution < 1.29 is 38.4 Å². The van der Waals surface area contributed by atoms with Crippen molar-refractivity contribution in [3.05, 3.63) is 46.9 Å². The number of rotatable bonds is 10. The van der Waals surface area contributed by atoms with Gasteiger partial charge in [0.2, 0.25) is 0 Å². The standard InChI is InChI=1S/C24H33N4O8PS/c1-5-33-23(30)14(2)28-37(4,32,36-15-9-7-6-8-10-15)34-11-17-20(29)24(3,31)21(35-17)19-18-16(12-38-19)22(25)27-13-26-18/h6-10,12-14,17,20-21,28-29,31-32H,5,11H2,1-4H3,(H2,25,26,27). The average molecular weight is 569 g/mol. The van der Waals surface area contributed by atoms with E-state index in [0.29, 0.717) is 27.3 Å². The molecule has 0 radical (unpaired) electrons. The molecular formula is C24H33N4O8PS. The number of para-hydroxylation sites is 1. The normalized spacial score (nSPS) is 25.6. The summed E-state index contributed by atoms with van der Waals surface area (Å²) < 4.78 is 23.0. The van der Waals surface area contributed by atoms with Crippen LogP contribution in [-0.4, -0.2) is 74.8 Å². The van der Waals surface area contributed by atoms with Crippen molar-refractivity contribution in [2.75, 3.05) is 25.6 Å². The molecule has 6 N–H and O–H groups in total. The number of thiophene rings is 1. The summed E-state index contributed by atoms with van der Waals surface area (Å²) in [7, 11) is -4.79. The van der Waals surface area contributed by atoms with E-state index in [4.69, 9.17) is 24.3 Å². The van der Waals surface area contributed by atoms with Gasteiger partial charge in [0, 0.05) is 0 Å². The summed E-state index contributed by atoms with van der Waals surface area (Å²) in [4.78, 5) is 32.9. The number of aromatic nitrogens is 2. The first-order valence-electron chi connectivity index (χ1n) is 12.0. The molecule has 5 atom stereocenters. The Labute approximate surface area is 223 Å². The maximum atomic E-state index is 12.3. The third-order valence-electron chi connectivity index (χ3n) is 6.22. The minimum absolute atomic E-state index is 0.156. The zero-order valence-corrected chi connectivity index (χ0v) is 23.2. The van der Waals surface area contributed by atoms with E-state index in [1.54, 1.807) is 42.6 Å². The first kappa shape index (κ1) is 28.5. The average Bonchev–Trinajstić information content (AvgIpc) is 3.38. The Morgan fingerprint density at radius 3 is 2.74 bits per heavy atom. The van der Waals surface area contributed by atoms with E-state index in [-0.39, 0.29) is 13.2 Å². The number of anilines is 1. The number of nitrogen functional groups attached to an aromatic ring is 1. The molecule has 4 rings (SSSR count). The van der Waals surface area contributed by atoms with E-state index >= 15 is 0 Å². The Hall–Kier alpha value is -2.48. The third-order valence-corrected chi connectivity index (χ3v) is 9.60. The van der Waals surface area contributed by atoms with Gasteiger partial charge in [-0.2, -0.15) is 0 Å². The second kappa shape index (κ2) is 10.6. The Morgan fingerprint density at radius 1 is 1.34 bits per heavy atom. The van der Waals surface area contributed by atoms with E-state index in [0.717, 1.165) is 0 Å². The number of fused-ring (bicyclic) bond motifs is 1. The van der Waals surface area contributed by atoms with Crippen molar-refractivity contribution in [3.63, 3.8) is 0 Å². The second-order valence-electron chi connectivity index (χ2n) is 9.46. The van der Waals surface area contributed by atoms with Crippen LogP contribution in [0.3, 0.4) is 0 Å². The van der Waals surface area contributed by atoms with Gasteiger partial charge < -0.3 is 0 Å². The minimum atomic E-state index is -4.79. The van der Waals surface area contributed by atoms with Gasteiger partial charge in [0.1, 0.15) is 0 Å². The van der Waals surface area contributed by atoms with E-state index < -0.39 is 43.4 Å². The number of carbonyl (C=O) groups is 1. The van der Waals surface area contributed by atoms with Gasteiger partial charge in [-0.3, -0.25) is 0 Å². The van der Waals surface area contributed by atoms with Gasteiger partial charge in [0.25, 0.3) is 0 Å². The Kier molecular flexibility index (Phi) is 7.95. The number of nitrogens with two attached hydrogens (primary N) is 1. The van der Waals surface area contributed by atoms with Crippen LogP contribution >= 0.6 is 18.8 Å². The number of hydrogen-bond acceptors (Lipinski definition) is 13. The molecule has 3 aromatic rings. The quantitative estimate of drug-likeness (QED) is 0.178. The summed E-state index contributed by atoms with van der Waals surface area (Å²) in [6, 6.07) is 7.47. The second-order valence-corrected chi connectivity index (χ2v) is 13.7. The fourth-order valence-electron chi connectivity index (χ4n) is 4.29. The molecule has 5 unspecified atom stereocenters. The van der Waals surface area contributed by atoms with Crippen LogP contribution in [0.15, 0.2) is 42.0 Å². The summed E-state index contributed by atoms with van der Waals surface area (Å²) in [5, 5.41) is 27.4. The van der Waals surface area contributed by atoms with Crippen molar-refractivity contribution in [2.45, 2.75) is 50.7 Å². The molecule has 0 bridgehead atoms. The van der Waals surface area contributed by atoms with Gasteiger partial charge in [-0.05, 0) is 0 Å². The molecule has 1 aliphatic heterocycles. The van der Waals surface area contributed by atoms with E-state index in [1.807, 2.05) is 0 Å². The Balaban J connectivity index is 1.58. The summed E-state index contributed by atoms with van der Waals surface area (Å²) in [6.07, 6.45) is -2.12. The fourth-order valence-corrected chi connectivity index (χ4v) is 7.74. The molecule has 3 heterocycles. The number of hydrogen-bond donors (Lipinski definition) is 5. The number of esters is 1. The van der Waals surface area contributed by atoms with Crippen LogP contribution in [0.2, 0.25) is 0 Å². The summed E-state index contributed by atoms with van der Waals surface area (Å²) >= 11 is 1.27. The number of ether oxygens (including phenoxy) is 2. The van der Waals surface area contributed by atoms with Crippen LogP contribution in [0.4, 0.5) is 5.82 Å². The first-order valence-corrected chi connectivity index (χ1v) is 15.3. The van der Waals surface area contributed by atoms with E-state index in [9.17, 15) is 19.9 Å². The van der Waals surface area contributed by atoms with Gasteiger partial charge in [0.05, 0.1) is 0 Å². The van der Waals surface area contributed by atoms with Gasteiger partial charge in [-0.1, -0.05) is 0 Å². The van der Waals surface area contributed by atoms with Crippen molar-refractivity contribution in [3.8, 4) is 5.75 Å². The van der Waals surface area contributed by atoms with Crippen LogP contribution < -0.4 is 15.3 Å². The van der Waals surface area contributed by atoms with Gasteiger partial charge in [-0.15, -0.1) is 0 Å². The molecule has 12 nitrogen and oxygen atoms in total. The fraction of sp³-hybridized carbons (Fsp3) is 0.458. The summed E-state index contributed by atoms with van der Waals surface area (Å²) in [5.41, 5.74) is 4.73. The van der Waals surface area contributed by atoms with Crippen LogP contribution in [-0.2, 0) is 18.8 Å². The number of carbonyl (C=O) groups excluding carboxylic acids is 1. The molecule has 14 heteroatoms. The van der Waals surface area contributed by atoms with Crippen molar-refractivity contribution in [1.82, 2.24) is 15.1 Å². The molecule has 0 saturated carbocycles. The first-order chi connectivity index (χ1) is 17.8. The molecule has 2 aromatic heterocycles. The van der Waals surface area contributed by atoms with Gasteiger partial charge in [0.15, 0.2) is 0 Å². The van der Waals surface area contributed by atoms with Crippen LogP contribution in [0, 0.1) is 0 Å². The monoisotopic (exact) mass is 568 g/mol. The zero-order chi connectivity index (χ0) is 27.7. The molecule has 1 aromatic carbocycles. The molecule has 0 spiro atoms. The van der Waals surface area contributed by atoms with E-state index in [1.165, 1.54) is 38.2 Å². The van der Waals surface area contributed by atoms with Gasteiger partial charge >= 0.3 is 224 Å². The third kappa shape index (κ3) is 5.75. The topological polar surface area (TPSA) is 179 Å². The maximum absolute atomic E-state index is 12.3. The number of nitrogens with zero attached hydrogens (tertiary/aromatic N) is 2. The molecule has 1 aliphatic rings. The SMILES string of the molecule is CCOC(=O)C(C)NP(C)(O)(OCC1OC(c2scc3c(N)ncnc23)C(C)(O)C1O)Oc1ccccc1. The molecule has 208 valence electrons. The molecule has 1 fully saturated rings. The van der Waals surface area contributed by atoms with Gasteiger partial charge in [-0.25, -0.2) is 0 Å². The van der Waals surface area contributed by atoms with Crippen LogP contribution in [0.25, 0.3) is 10.9 Å². The predicted molar refractivity (Wildman–Crippen MR) is 143 cm³/mol. The molecule has 38 heavy (non-hydrogen) atoms. The predicted octanol–water partition coefficient (Wildman–Crippen LogP) is 2.30. The number of benzene rings is 1. The van der Waals surface area contributed by atoms with Crippen molar-refractivity contribution in [2.24, 2.45) is 0 Å². The molecule has 0 aliphatic carbocycles. The number of aliphatic hydroxyl groups excluding tert-OH is 1. The molecule has 0 amide bonds. The Bertz CT molecular complexity index is 1290. The molecule has 1 saturated heterocycles. The summed E-state index contributed by atoms with van der Waals surface area (Å²) in [5.74, 6) is -0.0264.